The molecule has 0 saturated heterocycles. The topological polar surface area (TPSA) is 235 Å². The van der Waals surface area contributed by atoms with E-state index in [1.165, 1.54) is 22.9 Å². The zero-order valence-electron chi connectivity index (χ0n) is 26.2. The third kappa shape index (κ3) is 8.85. The summed E-state index contributed by atoms with van der Waals surface area (Å²) in [5.74, 6) is -0.796. The van der Waals surface area contributed by atoms with Crippen LogP contribution in [0.5, 0.6) is 23.1 Å². The Bertz CT molecular complexity index is 2230. The standard InChI is InChI=1S/C16H13N5O4.C16H11N3O4.Cr.Na/c1-10-15(16(23)20(19-10)11-5-3-2-4-6-11)18-17-13-9-12(21(24)25)7-8-14(13)22;20-14-8-6-11(19(22)23)9-13(14)17-18-16-12-4-2-1-3-10(12)5-7-15(16)21;;/h2-9,22-23H,1H3;1-9,20-21H;;/q;;;+1. The smallest absolute Gasteiger partial charge is 0.506 e. The predicted octanol–water partition coefficient (Wildman–Crippen LogP) is 4.54. The summed E-state index contributed by atoms with van der Waals surface area (Å²) in [4.78, 5) is 20.4. The molecular formula is C32H24CrN8NaO8+. The number of azo groups is 2. The molecule has 0 unspecified atom stereocenters. The van der Waals surface area contributed by atoms with Gasteiger partial charge in [0.2, 0.25) is 5.69 Å². The summed E-state index contributed by atoms with van der Waals surface area (Å²) >= 11 is 0. The number of phenols is 3. The maximum atomic E-state index is 10.8. The first-order valence-electron chi connectivity index (χ1n) is 13.9. The monoisotopic (exact) mass is 723 g/mol. The van der Waals surface area contributed by atoms with Crippen LogP contribution in [0.4, 0.5) is 34.1 Å². The van der Waals surface area contributed by atoms with E-state index in [1.54, 1.807) is 49.4 Å². The number of aromatic nitrogens is 2. The van der Waals surface area contributed by atoms with E-state index in [0.29, 0.717) is 16.8 Å². The molecule has 0 aliphatic carbocycles. The molecule has 6 rings (SSSR count). The number of nitro benzene ring substituents is 2. The molecular weight excluding hydrogens is 699 g/mol. The Kier molecular flexibility index (Phi) is 13.3. The Balaban J connectivity index is 0.000000261. The Hall–Kier alpha value is -5.70. The van der Waals surface area contributed by atoms with Crippen molar-refractivity contribution in [3.8, 4) is 28.8 Å². The molecule has 16 nitrogen and oxygen atoms in total. The molecule has 0 aliphatic rings. The number of aryl methyl sites for hydroxylation is 1. The van der Waals surface area contributed by atoms with E-state index in [2.05, 4.69) is 25.6 Å². The number of rotatable bonds is 7. The van der Waals surface area contributed by atoms with Crippen molar-refractivity contribution in [3.05, 3.63) is 129 Å². The van der Waals surface area contributed by atoms with Crippen LogP contribution >= 0.6 is 0 Å². The van der Waals surface area contributed by atoms with Gasteiger partial charge in [0.25, 0.3) is 11.4 Å². The number of phenolic OH excluding ortho intramolecular Hbond substituents is 3. The van der Waals surface area contributed by atoms with Crippen molar-refractivity contribution in [2.45, 2.75) is 6.92 Å². The minimum absolute atomic E-state index is 0. The molecule has 1 aromatic heterocycles. The number of benzene rings is 5. The molecule has 0 amide bonds. The van der Waals surface area contributed by atoms with Gasteiger partial charge >= 0.3 is 35.4 Å². The number of nitro groups is 2. The van der Waals surface area contributed by atoms with Gasteiger partial charge in [-0.1, -0.05) is 61.1 Å². The van der Waals surface area contributed by atoms with E-state index >= 15 is 0 Å². The predicted molar refractivity (Wildman–Crippen MR) is 171 cm³/mol. The second kappa shape index (κ2) is 17.1. The maximum Gasteiger partial charge on any atom is 1.00 e. The molecule has 0 bridgehead atoms. The van der Waals surface area contributed by atoms with Crippen molar-refractivity contribution in [1.82, 2.24) is 5.10 Å². The number of aromatic hydroxyl groups is 4. The largest absolute Gasteiger partial charge is 1.00 e. The van der Waals surface area contributed by atoms with Gasteiger partial charge in [-0.15, -0.1) is 20.5 Å². The van der Waals surface area contributed by atoms with E-state index in [-0.39, 0.29) is 104 Å². The molecule has 0 atom stereocenters. The number of nitrogens with zero attached hydrogens (tertiary/aromatic N) is 8. The first-order chi connectivity index (χ1) is 23.0. The van der Waals surface area contributed by atoms with E-state index in [0.717, 1.165) is 29.7 Å². The number of para-hydroxylation sites is 1. The van der Waals surface area contributed by atoms with Crippen LogP contribution in [0.3, 0.4) is 0 Å². The number of non-ortho nitro benzene ring substituents is 2. The zero-order chi connectivity index (χ0) is 34.4. The summed E-state index contributed by atoms with van der Waals surface area (Å²) < 4.78 is 1.30. The molecule has 0 aliphatic heterocycles. The van der Waals surface area contributed by atoms with Gasteiger partial charge in [-0.05, 0) is 23.6 Å². The third-order valence-corrected chi connectivity index (χ3v) is 6.74. The summed E-state index contributed by atoms with van der Waals surface area (Å²) in [5.41, 5.74) is 0.820. The van der Waals surface area contributed by atoms with E-state index in [4.69, 9.17) is 0 Å². The van der Waals surface area contributed by atoms with Gasteiger partial charge in [-0.2, -0.15) is 4.68 Å². The number of hydrogen-bond acceptors (Lipinski definition) is 12. The molecule has 5 aromatic carbocycles. The Morgan fingerprint density at radius 3 is 1.70 bits per heavy atom. The average molecular weight is 724 g/mol. The second-order valence-electron chi connectivity index (χ2n) is 9.92. The van der Waals surface area contributed by atoms with Crippen LogP contribution in [-0.2, 0) is 17.4 Å². The number of fused-ring (bicyclic) bond motifs is 1. The van der Waals surface area contributed by atoms with Crippen molar-refractivity contribution < 1.29 is 81.9 Å². The Morgan fingerprint density at radius 1 is 0.640 bits per heavy atom. The second-order valence-corrected chi connectivity index (χ2v) is 9.92. The van der Waals surface area contributed by atoms with Gasteiger partial charge in [0.1, 0.15) is 34.3 Å². The van der Waals surface area contributed by atoms with Gasteiger partial charge in [-0.3, -0.25) is 20.2 Å². The van der Waals surface area contributed by atoms with Gasteiger partial charge in [0.15, 0.2) is 5.69 Å². The zero-order valence-corrected chi connectivity index (χ0v) is 29.5. The normalized spacial score (nSPS) is 10.7. The fourth-order valence-corrected chi connectivity index (χ4v) is 4.34. The van der Waals surface area contributed by atoms with Crippen molar-refractivity contribution in [1.29, 1.82) is 0 Å². The van der Waals surface area contributed by atoms with Crippen molar-refractivity contribution in [2.24, 2.45) is 20.5 Å². The molecule has 0 spiro atoms. The fraction of sp³-hybridized carbons (Fsp3) is 0.0312. The average Bonchev–Trinajstić information content (AvgIpc) is 3.37. The Labute approximate surface area is 315 Å². The molecule has 18 heteroatoms. The van der Waals surface area contributed by atoms with Crippen LogP contribution in [0.25, 0.3) is 16.5 Å². The van der Waals surface area contributed by atoms with Gasteiger partial charge in [-0.25, -0.2) is 0 Å². The van der Waals surface area contributed by atoms with Crippen LogP contribution < -0.4 is 39.3 Å². The van der Waals surface area contributed by atoms with Crippen molar-refractivity contribution in [2.75, 3.05) is 0 Å². The summed E-state index contributed by atoms with van der Waals surface area (Å²) in [6.07, 6.45) is 0. The first-order valence-corrected chi connectivity index (χ1v) is 13.9. The molecule has 4 N–H and O–H groups in total. The summed E-state index contributed by atoms with van der Waals surface area (Å²) in [5, 5.41) is 82.6. The first kappa shape index (κ1) is 38.7. The molecule has 0 saturated carbocycles. The molecule has 0 radical (unpaired) electrons. The van der Waals surface area contributed by atoms with E-state index in [1.807, 2.05) is 18.2 Å². The van der Waals surface area contributed by atoms with Crippen molar-refractivity contribution in [3.63, 3.8) is 0 Å². The van der Waals surface area contributed by atoms with Gasteiger partial charge < -0.3 is 25.5 Å². The van der Waals surface area contributed by atoms with Crippen LogP contribution in [-0.4, -0.2) is 30.3 Å². The number of hydrogen-bond donors (Lipinski definition) is 4. The van der Waals surface area contributed by atoms with Crippen LogP contribution in [0, 0.1) is 27.2 Å². The summed E-state index contributed by atoms with van der Waals surface area (Å²) in [6, 6.07) is 26.3. The molecule has 0 fully saturated rings. The quantitative estimate of drug-likeness (QED) is 0.0594. The maximum absolute atomic E-state index is 10.8. The minimum atomic E-state index is -0.603. The minimum Gasteiger partial charge on any atom is -0.506 e. The van der Waals surface area contributed by atoms with Gasteiger partial charge in [0, 0.05) is 59.1 Å². The SMILES string of the molecule is Cc1[n-][n+](-c2ccccc2)c(O)c1N=Nc1cc([N+](=O)[O-])ccc1O.O=[N+]([O-])c1ccc(O)c(N=Nc2c(O)ccc3ccccc23)c1.[Cr].[Na+]. The Morgan fingerprint density at radius 2 is 1.14 bits per heavy atom. The van der Waals surface area contributed by atoms with Crippen LogP contribution in [0.2, 0.25) is 0 Å². The summed E-state index contributed by atoms with van der Waals surface area (Å²) in [7, 11) is 0. The molecule has 6 aromatic rings. The van der Waals surface area contributed by atoms with Gasteiger partial charge in [0.05, 0.1) is 9.85 Å². The van der Waals surface area contributed by atoms with E-state index in [9.17, 15) is 40.7 Å². The van der Waals surface area contributed by atoms with Crippen LogP contribution in [0.1, 0.15) is 5.69 Å². The van der Waals surface area contributed by atoms with Crippen LogP contribution in [0.15, 0.2) is 124 Å². The molecule has 50 heavy (non-hydrogen) atoms. The summed E-state index contributed by atoms with van der Waals surface area (Å²) in [6.45, 7) is 1.64. The molecule has 1 heterocycles. The third-order valence-electron chi connectivity index (χ3n) is 6.74. The van der Waals surface area contributed by atoms with E-state index < -0.39 is 9.85 Å². The van der Waals surface area contributed by atoms with Crippen molar-refractivity contribution >= 4 is 44.9 Å². The fourth-order valence-electron chi connectivity index (χ4n) is 4.34. The molecule has 246 valence electrons.